The van der Waals surface area contributed by atoms with Crippen molar-refractivity contribution in [1.29, 1.82) is 0 Å². The monoisotopic (exact) mass is 453 g/mol. The summed E-state index contributed by atoms with van der Waals surface area (Å²) in [6, 6.07) is 16.1. The maximum Gasteiger partial charge on any atom is 0.292 e. The van der Waals surface area contributed by atoms with E-state index in [1.54, 1.807) is 0 Å². The summed E-state index contributed by atoms with van der Waals surface area (Å²) in [6.07, 6.45) is 1.20. The van der Waals surface area contributed by atoms with Gasteiger partial charge in [0.25, 0.3) is 6.01 Å². The molecule has 2 aromatic carbocycles. The maximum absolute atomic E-state index is 6.33. The molecule has 2 atom stereocenters. The largest absolute Gasteiger partial charge is 0.424 e. The Morgan fingerprint density at radius 3 is 2.76 bits per heavy atom. The minimum atomic E-state index is -0.304. The predicted octanol–water partition coefficient (Wildman–Crippen LogP) is 2.59. The molecule has 2 aliphatic rings. The number of aromatic nitrogens is 2. The molecule has 0 radical (unpaired) electrons. The van der Waals surface area contributed by atoms with E-state index in [2.05, 4.69) is 33.2 Å². The Morgan fingerprint density at radius 1 is 1.06 bits per heavy atom. The van der Waals surface area contributed by atoms with Gasteiger partial charge in [-0.3, -0.25) is 5.01 Å². The summed E-state index contributed by atoms with van der Waals surface area (Å²) in [4.78, 5) is 20.1. The van der Waals surface area contributed by atoms with E-state index in [0.29, 0.717) is 23.5 Å². The van der Waals surface area contributed by atoms with Crippen LogP contribution in [0.2, 0.25) is 0 Å². The van der Waals surface area contributed by atoms with Crippen LogP contribution >= 0.6 is 0 Å². The first-order chi connectivity index (χ1) is 16.5. The van der Waals surface area contributed by atoms with Crippen molar-refractivity contribution in [2.45, 2.75) is 12.7 Å². The summed E-state index contributed by atoms with van der Waals surface area (Å²) in [7, 11) is 3.99. The molecule has 34 heavy (non-hydrogen) atoms. The predicted molar refractivity (Wildman–Crippen MR) is 134 cm³/mol. The molecule has 2 unspecified atom stereocenters. The highest BCUT2D eigenvalue weighted by molar-refractivity contribution is 6.17. The van der Waals surface area contributed by atoms with Crippen molar-refractivity contribution in [3.63, 3.8) is 0 Å². The zero-order chi connectivity index (χ0) is 23.4. The molecule has 170 valence electrons. The van der Waals surface area contributed by atoms with Crippen molar-refractivity contribution in [2.75, 3.05) is 24.7 Å². The Kier molecular flexibility index (Phi) is 4.47. The number of rotatable bonds is 4. The van der Waals surface area contributed by atoms with E-state index in [0.717, 1.165) is 33.6 Å². The van der Waals surface area contributed by atoms with Crippen molar-refractivity contribution < 1.29 is 4.42 Å². The summed E-state index contributed by atoms with van der Waals surface area (Å²) in [5, 5.41) is 9.10. The van der Waals surface area contributed by atoms with Gasteiger partial charge >= 0.3 is 0 Å². The summed E-state index contributed by atoms with van der Waals surface area (Å²) in [6.45, 7) is 0.472. The molecule has 10 heteroatoms. The van der Waals surface area contributed by atoms with Crippen molar-refractivity contribution in [3.8, 4) is 0 Å². The van der Waals surface area contributed by atoms with E-state index in [-0.39, 0.29) is 18.1 Å². The molecule has 2 aromatic heterocycles. The van der Waals surface area contributed by atoms with Gasteiger partial charge in [-0.25, -0.2) is 15.0 Å². The number of hydrogen-bond donors (Lipinski definition) is 2. The molecule has 4 heterocycles. The van der Waals surface area contributed by atoms with Crippen LogP contribution in [0.5, 0.6) is 0 Å². The number of pyridine rings is 1. The average molecular weight is 454 g/mol. The highest BCUT2D eigenvalue weighted by Crippen LogP contribution is 2.32. The Hall–Kier alpha value is -4.47. The number of amidine groups is 1. The number of nitrogens with two attached hydrogens (primary N) is 2. The van der Waals surface area contributed by atoms with Gasteiger partial charge in [0.15, 0.2) is 11.7 Å². The normalized spacial score (nSPS) is 19.4. The first kappa shape index (κ1) is 20.2. The number of anilines is 2. The smallest absolute Gasteiger partial charge is 0.292 e. The van der Waals surface area contributed by atoms with Gasteiger partial charge in [-0.1, -0.05) is 24.3 Å². The SMILES string of the molecule is CN(C)c1nc(CN2N=C(c3ccc4oc(N)nc4c3)C3C(N)=NC=NC32)cc2ccccc12. The van der Waals surface area contributed by atoms with Crippen LogP contribution in [0.1, 0.15) is 11.3 Å². The average Bonchev–Trinajstić information content (AvgIpc) is 3.38. The van der Waals surface area contributed by atoms with Crippen LogP contribution in [-0.4, -0.2) is 53.1 Å². The second-order valence-electron chi connectivity index (χ2n) is 8.58. The lowest BCUT2D eigenvalue weighted by atomic mass is 9.93. The highest BCUT2D eigenvalue weighted by Gasteiger charge is 2.41. The van der Waals surface area contributed by atoms with Crippen LogP contribution in [0.3, 0.4) is 0 Å². The molecule has 0 bridgehead atoms. The molecule has 0 amide bonds. The first-order valence-electron chi connectivity index (χ1n) is 10.9. The fourth-order valence-electron chi connectivity index (χ4n) is 4.57. The Labute approximate surface area is 195 Å². The quantitative estimate of drug-likeness (QED) is 0.485. The topological polar surface area (TPSA) is 135 Å². The van der Waals surface area contributed by atoms with Crippen molar-refractivity contribution in [1.82, 2.24) is 15.0 Å². The Bertz CT molecular complexity index is 1520. The third-order valence-electron chi connectivity index (χ3n) is 6.10. The molecule has 2 aliphatic heterocycles. The first-order valence-corrected chi connectivity index (χ1v) is 10.9. The highest BCUT2D eigenvalue weighted by atomic mass is 16.4. The minimum Gasteiger partial charge on any atom is -0.424 e. The van der Waals surface area contributed by atoms with Gasteiger partial charge in [0, 0.05) is 25.0 Å². The number of hydrogen-bond acceptors (Lipinski definition) is 10. The summed E-state index contributed by atoms with van der Waals surface area (Å²) < 4.78 is 5.41. The fourth-order valence-corrected chi connectivity index (χ4v) is 4.57. The second kappa shape index (κ2) is 7.55. The molecular formula is C24H23N9O. The maximum atomic E-state index is 6.33. The van der Waals surface area contributed by atoms with Crippen molar-refractivity contribution in [2.24, 2.45) is 26.7 Å². The molecule has 0 saturated carbocycles. The van der Waals surface area contributed by atoms with Crippen molar-refractivity contribution >= 4 is 51.6 Å². The van der Waals surface area contributed by atoms with Crippen LogP contribution in [0.25, 0.3) is 21.9 Å². The standard InChI is InChI=1S/C24H23N9O/c1-32(2)22-16-6-4-3-5-13(16)9-15(29-22)11-33-23-19(21(25)27-12-28-23)20(31-33)14-7-8-18-17(10-14)30-24(26)34-18/h3-10,12,19,23H,11H2,1-2H3,(H2,26,30)(H2,25,27,28). The number of nitrogens with zero attached hydrogens (tertiary/aromatic N) is 7. The van der Waals surface area contributed by atoms with Crippen LogP contribution in [0.15, 0.2) is 68.0 Å². The zero-order valence-electron chi connectivity index (χ0n) is 18.8. The summed E-state index contributed by atoms with van der Waals surface area (Å²) in [5.74, 6) is 1.11. The molecule has 6 rings (SSSR count). The van der Waals surface area contributed by atoms with Crippen molar-refractivity contribution in [3.05, 3.63) is 59.8 Å². The van der Waals surface area contributed by atoms with Gasteiger partial charge in [0.1, 0.15) is 29.4 Å². The zero-order valence-corrected chi connectivity index (χ0v) is 18.8. The fraction of sp³-hybridized carbons (Fsp3) is 0.208. The van der Waals surface area contributed by atoms with Gasteiger partial charge < -0.3 is 20.8 Å². The molecule has 0 spiro atoms. The van der Waals surface area contributed by atoms with Crippen LogP contribution in [0.4, 0.5) is 11.8 Å². The number of oxazole rings is 1. The minimum absolute atomic E-state index is 0.127. The molecule has 0 saturated heterocycles. The van der Waals surface area contributed by atoms with Gasteiger partial charge in [-0.05, 0) is 29.7 Å². The van der Waals surface area contributed by atoms with Crippen LogP contribution in [0, 0.1) is 5.92 Å². The number of fused-ring (bicyclic) bond motifs is 3. The van der Waals surface area contributed by atoms with Gasteiger partial charge in [0.2, 0.25) is 0 Å². The van der Waals surface area contributed by atoms with E-state index >= 15 is 0 Å². The van der Waals surface area contributed by atoms with Crippen LogP contribution in [-0.2, 0) is 6.54 Å². The van der Waals surface area contributed by atoms with E-state index in [1.807, 2.05) is 54.3 Å². The van der Waals surface area contributed by atoms with E-state index in [9.17, 15) is 0 Å². The second-order valence-corrected chi connectivity index (χ2v) is 8.58. The number of benzene rings is 2. The third-order valence-corrected chi connectivity index (χ3v) is 6.10. The number of aliphatic imine (C=N–C) groups is 2. The van der Waals surface area contributed by atoms with Crippen LogP contribution < -0.4 is 16.4 Å². The molecular weight excluding hydrogens is 430 g/mol. The van der Waals surface area contributed by atoms with Gasteiger partial charge in [0.05, 0.1) is 18.0 Å². The molecule has 4 N–H and O–H groups in total. The lowest BCUT2D eigenvalue weighted by molar-refractivity contribution is 0.212. The molecule has 4 aromatic rings. The number of nitrogen functional groups attached to an aromatic ring is 1. The van der Waals surface area contributed by atoms with Gasteiger partial charge in [-0.15, -0.1) is 0 Å². The Morgan fingerprint density at radius 2 is 1.91 bits per heavy atom. The molecule has 10 nitrogen and oxygen atoms in total. The summed E-state index contributed by atoms with van der Waals surface area (Å²) >= 11 is 0. The van der Waals surface area contributed by atoms with E-state index < -0.39 is 0 Å². The Balaban J connectivity index is 1.42. The lowest BCUT2D eigenvalue weighted by Gasteiger charge is -2.26. The third kappa shape index (κ3) is 3.22. The molecule has 0 fully saturated rings. The number of hydrazone groups is 1. The lowest BCUT2D eigenvalue weighted by Crippen LogP contribution is -2.42. The van der Waals surface area contributed by atoms with E-state index in [1.165, 1.54) is 6.34 Å². The van der Waals surface area contributed by atoms with E-state index in [4.69, 9.17) is 26.0 Å². The van der Waals surface area contributed by atoms with Gasteiger partial charge in [-0.2, -0.15) is 10.1 Å². The summed E-state index contributed by atoms with van der Waals surface area (Å²) in [5.41, 5.74) is 15.9. The molecule has 0 aliphatic carbocycles.